The highest BCUT2D eigenvalue weighted by Crippen LogP contribution is 2.41. The van der Waals surface area contributed by atoms with E-state index in [1.165, 1.54) is 0 Å². The van der Waals surface area contributed by atoms with E-state index in [1.54, 1.807) is 0 Å². The second kappa shape index (κ2) is 11.8. The number of furan rings is 3. The minimum absolute atomic E-state index is 0.555. The summed E-state index contributed by atoms with van der Waals surface area (Å²) in [5.74, 6) is 0.555. The lowest BCUT2D eigenvalue weighted by atomic mass is 10.0. The van der Waals surface area contributed by atoms with Crippen LogP contribution in [0.15, 0.2) is 189 Å². The molecule has 270 valence electrons. The molecule has 0 aliphatic rings. The summed E-state index contributed by atoms with van der Waals surface area (Å²) in [6, 6.07) is 60.8. The molecule has 0 fully saturated rings. The van der Waals surface area contributed by atoms with Crippen LogP contribution < -0.4 is 0 Å². The zero-order valence-electron chi connectivity index (χ0n) is 30.8. The molecule has 0 radical (unpaired) electrons. The van der Waals surface area contributed by atoms with Gasteiger partial charge in [-0.25, -0.2) is 9.97 Å². The average Bonchev–Trinajstić information content (AvgIpc) is 4.04. The van der Waals surface area contributed by atoms with E-state index in [0.29, 0.717) is 5.95 Å². The first-order valence-electron chi connectivity index (χ1n) is 19.4. The van der Waals surface area contributed by atoms with Gasteiger partial charge in [0.15, 0.2) is 0 Å². The lowest BCUT2D eigenvalue weighted by Gasteiger charge is -2.12. The maximum atomic E-state index is 6.57. The van der Waals surface area contributed by atoms with Crippen LogP contribution in [0.5, 0.6) is 0 Å². The van der Waals surface area contributed by atoms with Crippen molar-refractivity contribution in [2.75, 3.05) is 0 Å². The molecule has 0 N–H and O–H groups in total. The van der Waals surface area contributed by atoms with Crippen molar-refractivity contribution < 1.29 is 13.3 Å². The second-order valence-corrected chi connectivity index (χ2v) is 14.9. The summed E-state index contributed by atoms with van der Waals surface area (Å²) in [7, 11) is 0. The summed E-state index contributed by atoms with van der Waals surface area (Å²) in [5.41, 5.74) is 12.6. The smallest absolute Gasteiger partial charge is 0.235 e. The van der Waals surface area contributed by atoms with Gasteiger partial charge >= 0.3 is 0 Å². The fraction of sp³-hybridized carbons (Fsp3) is 0. The predicted octanol–water partition coefficient (Wildman–Crippen LogP) is 14.3. The van der Waals surface area contributed by atoms with E-state index in [1.807, 2.05) is 48.5 Å². The van der Waals surface area contributed by atoms with Gasteiger partial charge in [0, 0.05) is 54.2 Å². The molecule has 0 saturated carbocycles. The summed E-state index contributed by atoms with van der Waals surface area (Å²) in [6.07, 6.45) is 0. The Balaban J connectivity index is 1.07. The van der Waals surface area contributed by atoms with Crippen LogP contribution in [-0.4, -0.2) is 14.5 Å². The third kappa shape index (κ3) is 4.48. The van der Waals surface area contributed by atoms with E-state index in [0.717, 1.165) is 121 Å². The summed E-state index contributed by atoms with van der Waals surface area (Å²) in [5, 5.41) is 8.66. The molecule has 6 nitrogen and oxygen atoms in total. The van der Waals surface area contributed by atoms with E-state index in [-0.39, 0.29) is 0 Å². The largest absolute Gasteiger partial charge is 0.456 e. The number of nitrogens with zero attached hydrogens (tertiary/aromatic N) is 3. The molecule has 0 atom stereocenters. The van der Waals surface area contributed by atoms with Gasteiger partial charge in [-0.15, -0.1) is 0 Å². The second-order valence-electron chi connectivity index (χ2n) is 14.9. The van der Waals surface area contributed by atoms with E-state index in [9.17, 15) is 0 Å². The number of benzene rings is 8. The normalized spacial score (nSPS) is 12.1. The van der Waals surface area contributed by atoms with Gasteiger partial charge in [0.2, 0.25) is 5.95 Å². The van der Waals surface area contributed by atoms with Crippen molar-refractivity contribution in [2.45, 2.75) is 0 Å². The average molecular weight is 744 g/mol. The molecular formula is C52H29N3O3. The van der Waals surface area contributed by atoms with Crippen molar-refractivity contribution in [3.8, 4) is 39.6 Å². The van der Waals surface area contributed by atoms with Gasteiger partial charge in [-0.3, -0.25) is 4.57 Å². The predicted molar refractivity (Wildman–Crippen MR) is 235 cm³/mol. The Morgan fingerprint density at radius 1 is 0.328 bits per heavy atom. The Kier molecular flexibility index (Phi) is 6.35. The van der Waals surface area contributed by atoms with Crippen molar-refractivity contribution in [3.05, 3.63) is 176 Å². The summed E-state index contributed by atoms with van der Waals surface area (Å²) in [6.45, 7) is 0. The van der Waals surface area contributed by atoms with Gasteiger partial charge in [0.25, 0.3) is 0 Å². The third-order valence-corrected chi connectivity index (χ3v) is 11.7. The van der Waals surface area contributed by atoms with Gasteiger partial charge in [0.1, 0.15) is 33.5 Å². The zero-order valence-corrected chi connectivity index (χ0v) is 30.8. The lowest BCUT2D eigenvalue weighted by molar-refractivity contribution is 0.668. The first kappa shape index (κ1) is 31.3. The number of fused-ring (bicyclic) bond motifs is 12. The maximum absolute atomic E-state index is 6.57. The van der Waals surface area contributed by atoms with Crippen molar-refractivity contribution in [3.63, 3.8) is 0 Å². The van der Waals surface area contributed by atoms with Crippen LogP contribution in [0.25, 0.3) is 127 Å². The molecule has 58 heavy (non-hydrogen) atoms. The molecule has 0 aliphatic carbocycles. The van der Waals surface area contributed by atoms with Crippen LogP contribution in [0.4, 0.5) is 0 Å². The highest BCUT2D eigenvalue weighted by Gasteiger charge is 2.22. The quantitative estimate of drug-likeness (QED) is 0.179. The molecule has 0 spiro atoms. The van der Waals surface area contributed by atoms with Gasteiger partial charge in [-0.2, -0.15) is 0 Å². The van der Waals surface area contributed by atoms with Crippen LogP contribution >= 0.6 is 0 Å². The standard InChI is InChI=1S/C52H29N3O3/c1-5-19-44-32(11-1)40-27-30(31-24-26-49-41(28-31)35-14-4-6-20-46(35)56-49)23-25-45(40)55(44)52-53-42(38-17-9-15-36-33-12-2-7-21-47(33)57-50(36)38)29-43(54-52)39-18-10-16-37-34-13-3-8-22-48(34)58-51(37)39/h1-29H. The Morgan fingerprint density at radius 3 is 1.43 bits per heavy atom. The van der Waals surface area contributed by atoms with Gasteiger partial charge < -0.3 is 13.3 Å². The van der Waals surface area contributed by atoms with Crippen LogP contribution in [0.1, 0.15) is 0 Å². The van der Waals surface area contributed by atoms with Gasteiger partial charge in [0.05, 0.1) is 22.4 Å². The maximum Gasteiger partial charge on any atom is 0.235 e. The fourth-order valence-electron chi connectivity index (χ4n) is 8.98. The lowest BCUT2D eigenvalue weighted by Crippen LogP contribution is -2.04. The van der Waals surface area contributed by atoms with Crippen molar-refractivity contribution in [1.29, 1.82) is 0 Å². The van der Waals surface area contributed by atoms with E-state index >= 15 is 0 Å². The van der Waals surface area contributed by atoms with Gasteiger partial charge in [-0.1, -0.05) is 109 Å². The minimum Gasteiger partial charge on any atom is -0.456 e. The molecule has 0 saturated heterocycles. The number of aromatic nitrogens is 3. The Hall–Kier alpha value is -7.96. The summed E-state index contributed by atoms with van der Waals surface area (Å²) < 4.78 is 21.5. The number of hydrogen-bond acceptors (Lipinski definition) is 5. The highest BCUT2D eigenvalue weighted by molar-refractivity contribution is 6.13. The Labute approximate surface area is 329 Å². The highest BCUT2D eigenvalue weighted by atomic mass is 16.3. The van der Waals surface area contributed by atoms with E-state index < -0.39 is 0 Å². The Morgan fingerprint density at radius 2 is 0.793 bits per heavy atom. The number of rotatable bonds is 4. The van der Waals surface area contributed by atoms with Crippen LogP contribution in [-0.2, 0) is 0 Å². The van der Waals surface area contributed by atoms with Crippen LogP contribution in [0, 0.1) is 0 Å². The molecule has 0 aliphatic heterocycles. The summed E-state index contributed by atoms with van der Waals surface area (Å²) in [4.78, 5) is 10.8. The number of para-hydroxylation sites is 6. The molecular weight excluding hydrogens is 715 g/mol. The van der Waals surface area contributed by atoms with Crippen molar-refractivity contribution in [1.82, 2.24) is 14.5 Å². The van der Waals surface area contributed by atoms with Crippen molar-refractivity contribution >= 4 is 87.6 Å². The number of hydrogen-bond donors (Lipinski definition) is 0. The zero-order chi connectivity index (χ0) is 37.9. The van der Waals surface area contributed by atoms with Gasteiger partial charge in [-0.05, 0) is 77.9 Å². The molecule has 0 unspecified atom stereocenters. The topological polar surface area (TPSA) is 70.1 Å². The molecule has 5 aromatic heterocycles. The molecule has 13 aromatic rings. The third-order valence-electron chi connectivity index (χ3n) is 11.7. The molecule has 8 aromatic carbocycles. The molecule has 5 heterocycles. The fourth-order valence-corrected chi connectivity index (χ4v) is 8.98. The minimum atomic E-state index is 0.555. The monoisotopic (exact) mass is 743 g/mol. The molecule has 13 rings (SSSR count). The first-order valence-corrected chi connectivity index (χ1v) is 19.4. The first-order chi connectivity index (χ1) is 28.7. The van der Waals surface area contributed by atoms with Crippen LogP contribution in [0.2, 0.25) is 0 Å². The molecule has 0 amide bonds. The molecule has 6 heteroatoms. The van der Waals surface area contributed by atoms with Crippen molar-refractivity contribution in [2.24, 2.45) is 0 Å². The van der Waals surface area contributed by atoms with E-state index in [2.05, 4.69) is 132 Å². The SMILES string of the molecule is c1ccc2c(c1)oc1ccc(-c3ccc4c(c3)c3ccccc3n4-c3nc(-c4cccc5c4oc4ccccc45)cc(-c4cccc5c4oc4ccccc45)n3)cc12. The van der Waals surface area contributed by atoms with Crippen LogP contribution in [0.3, 0.4) is 0 Å². The summed E-state index contributed by atoms with van der Waals surface area (Å²) >= 11 is 0. The Bertz CT molecular complexity index is 3690. The molecule has 0 bridgehead atoms. The van der Waals surface area contributed by atoms with E-state index in [4.69, 9.17) is 23.2 Å².